The first-order valence-corrected chi connectivity index (χ1v) is 6.10. The van der Waals surface area contributed by atoms with E-state index in [0.717, 1.165) is 4.68 Å². The van der Waals surface area contributed by atoms with Crippen molar-refractivity contribution in [2.75, 3.05) is 12.4 Å². The van der Waals surface area contributed by atoms with Crippen LogP contribution in [0, 0.1) is 0 Å². The minimum atomic E-state index is -0.699. The summed E-state index contributed by atoms with van der Waals surface area (Å²) in [6.45, 7) is 1.61. The third kappa shape index (κ3) is 3.03. The average Bonchev–Trinajstić information content (AvgIpc) is 2.47. The number of amides is 1. The fraction of sp³-hybridized carbons (Fsp3) is 0.214. The topological polar surface area (TPSA) is 73.2 Å². The van der Waals surface area contributed by atoms with Crippen LogP contribution in [0.1, 0.15) is 13.0 Å². The number of hydrogen-bond donors (Lipinski definition) is 1. The lowest BCUT2D eigenvalue weighted by Crippen LogP contribution is -2.32. The summed E-state index contributed by atoms with van der Waals surface area (Å²) in [5.74, 6) is 0.324. The molecule has 1 N–H and O–H groups in total. The second-order valence-electron chi connectivity index (χ2n) is 4.20. The maximum Gasteiger partial charge on any atom is 0.267 e. The number of carbonyl (C=O) groups is 1. The lowest BCUT2D eigenvalue weighted by molar-refractivity contribution is -0.119. The molecular weight excluding hydrogens is 258 g/mol. The van der Waals surface area contributed by atoms with Crippen molar-refractivity contribution in [2.45, 2.75) is 13.0 Å². The number of benzene rings is 1. The number of anilines is 1. The van der Waals surface area contributed by atoms with Crippen molar-refractivity contribution in [3.8, 4) is 5.75 Å². The normalized spacial score (nSPS) is 11.7. The molecule has 0 aliphatic heterocycles. The minimum Gasteiger partial charge on any atom is -0.497 e. The van der Waals surface area contributed by atoms with Gasteiger partial charge in [-0.1, -0.05) is 6.07 Å². The molecule has 2 rings (SSSR count). The summed E-state index contributed by atoms with van der Waals surface area (Å²) in [7, 11) is 1.55. The Labute approximate surface area is 116 Å². The van der Waals surface area contributed by atoms with Crippen LogP contribution < -0.4 is 15.6 Å². The Balaban J connectivity index is 2.15. The predicted molar refractivity (Wildman–Crippen MR) is 74.8 cm³/mol. The Kier molecular flexibility index (Phi) is 4.14. The van der Waals surface area contributed by atoms with Gasteiger partial charge in [0.05, 0.1) is 7.11 Å². The van der Waals surface area contributed by atoms with Crippen molar-refractivity contribution in [3.05, 3.63) is 52.9 Å². The number of aromatic nitrogens is 2. The average molecular weight is 273 g/mol. The zero-order valence-corrected chi connectivity index (χ0v) is 11.2. The largest absolute Gasteiger partial charge is 0.497 e. The van der Waals surface area contributed by atoms with Crippen molar-refractivity contribution in [2.24, 2.45) is 0 Å². The lowest BCUT2D eigenvalue weighted by atomic mass is 10.2. The summed E-state index contributed by atoms with van der Waals surface area (Å²) >= 11 is 0. The molecule has 1 amide bonds. The number of rotatable bonds is 4. The smallest absolute Gasteiger partial charge is 0.267 e. The first-order valence-electron chi connectivity index (χ1n) is 6.10. The molecule has 1 atom stereocenters. The Morgan fingerprint density at radius 2 is 2.15 bits per heavy atom. The highest BCUT2D eigenvalue weighted by molar-refractivity contribution is 5.93. The predicted octanol–water partition coefficient (Wildman–Crippen LogP) is 1.45. The fourth-order valence-corrected chi connectivity index (χ4v) is 1.72. The van der Waals surface area contributed by atoms with Crippen LogP contribution in [0.5, 0.6) is 5.75 Å². The van der Waals surface area contributed by atoms with E-state index in [4.69, 9.17) is 4.74 Å². The first-order chi connectivity index (χ1) is 9.61. The van der Waals surface area contributed by atoms with Crippen LogP contribution in [-0.2, 0) is 4.79 Å². The van der Waals surface area contributed by atoms with E-state index in [-0.39, 0.29) is 11.5 Å². The van der Waals surface area contributed by atoms with Crippen LogP contribution >= 0.6 is 0 Å². The summed E-state index contributed by atoms with van der Waals surface area (Å²) in [4.78, 5) is 23.7. The monoisotopic (exact) mass is 273 g/mol. The van der Waals surface area contributed by atoms with Gasteiger partial charge in [0.1, 0.15) is 11.8 Å². The zero-order chi connectivity index (χ0) is 14.5. The molecule has 2 aromatic rings. The van der Waals surface area contributed by atoms with E-state index in [0.29, 0.717) is 11.4 Å². The molecule has 1 aromatic heterocycles. The molecule has 20 heavy (non-hydrogen) atoms. The summed E-state index contributed by atoms with van der Waals surface area (Å²) in [6.07, 6.45) is 1.47. The molecule has 104 valence electrons. The molecule has 0 saturated heterocycles. The molecule has 0 spiro atoms. The first kappa shape index (κ1) is 13.8. The molecule has 0 bridgehead atoms. The minimum absolute atomic E-state index is 0.319. The van der Waals surface area contributed by atoms with Crippen LogP contribution in [0.3, 0.4) is 0 Å². The number of nitrogens with zero attached hydrogens (tertiary/aromatic N) is 2. The van der Waals surface area contributed by atoms with E-state index in [9.17, 15) is 9.59 Å². The maximum absolute atomic E-state index is 12.1. The summed E-state index contributed by atoms with van der Waals surface area (Å²) < 4.78 is 6.22. The lowest BCUT2D eigenvalue weighted by Gasteiger charge is -2.13. The van der Waals surface area contributed by atoms with Gasteiger partial charge in [-0.3, -0.25) is 9.59 Å². The summed E-state index contributed by atoms with van der Waals surface area (Å²) in [5, 5.41) is 6.62. The highest BCUT2D eigenvalue weighted by Crippen LogP contribution is 2.17. The van der Waals surface area contributed by atoms with Crippen LogP contribution in [-0.4, -0.2) is 22.8 Å². The second kappa shape index (κ2) is 6.01. The molecule has 1 unspecified atom stereocenters. The van der Waals surface area contributed by atoms with Gasteiger partial charge >= 0.3 is 0 Å². The highest BCUT2D eigenvalue weighted by atomic mass is 16.5. The van der Waals surface area contributed by atoms with Gasteiger partial charge in [-0.2, -0.15) is 5.10 Å². The molecule has 0 fully saturated rings. The van der Waals surface area contributed by atoms with Crippen molar-refractivity contribution in [3.63, 3.8) is 0 Å². The molecule has 6 heteroatoms. The van der Waals surface area contributed by atoms with Crippen LogP contribution in [0.4, 0.5) is 5.69 Å². The second-order valence-corrected chi connectivity index (χ2v) is 4.20. The van der Waals surface area contributed by atoms with Gasteiger partial charge < -0.3 is 10.1 Å². The van der Waals surface area contributed by atoms with Gasteiger partial charge in [0.2, 0.25) is 5.91 Å². The van der Waals surface area contributed by atoms with E-state index in [1.54, 1.807) is 38.3 Å². The van der Waals surface area contributed by atoms with E-state index in [1.807, 2.05) is 0 Å². The van der Waals surface area contributed by atoms with E-state index in [2.05, 4.69) is 10.4 Å². The van der Waals surface area contributed by atoms with Gasteiger partial charge in [-0.15, -0.1) is 0 Å². The quantitative estimate of drug-likeness (QED) is 0.915. The van der Waals surface area contributed by atoms with Crippen LogP contribution in [0.15, 0.2) is 47.4 Å². The molecule has 6 nitrogen and oxygen atoms in total. The highest BCUT2D eigenvalue weighted by Gasteiger charge is 2.17. The van der Waals surface area contributed by atoms with Gasteiger partial charge in [0, 0.05) is 24.0 Å². The number of carbonyl (C=O) groups excluding carboxylic acids is 1. The molecular formula is C14H15N3O3. The summed E-state index contributed by atoms with van der Waals surface area (Å²) in [5.41, 5.74) is 0.283. The zero-order valence-electron chi connectivity index (χ0n) is 11.2. The van der Waals surface area contributed by atoms with Crippen molar-refractivity contribution < 1.29 is 9.53 Å². The molecule has 1 aromatic carbocycles. The Morgan fingerprint density at radius 1 is 1.35 bits per heavy atom. The van der Waals surface area contributed by atoms with E-state index in [1.165, 1.54) is 18.3 Å². The third-order valence-corrected chi connectivity index (χ3v) is 2.83. The number of nitrogens with one attached hydrogen (secondary N) is 1. The number of methoxy groups -OCH3 is 1. The Bertz CT molecular complexity index is 666. The van der Waals surface area contributed by atoms with Crippen molar-refractivity contribution >= 4 is 11.6 Å². The fourth-order valence-electron chi connectivity index (χ4n) is 1.72. The van der Waals surface area contributed by atoms with E-state index < -0.39 is 6.04 Å². The van der Waals surface area contributed by atoms with Crippen molar-refractivity contribution in [1.29, 1.82) is 0 Å². The molecule has 0 aliphatic carbocycles. The maximum atomic E-state index is 12.1. The van der Waals surface area contributed by atoms with Gasteiger partial charge in [-0.05, 0) is 25.1 Å². The van der Waals surface area contributed by atoms with Gasteiger partial charge in [0.15, 0.2) is 0 Å². The molecule has 0 saturated carbocycles. The number of ether oxygens (including phenoxy) is 1. The van der Waals surface area contributed by atoms with Gasteiger partial charge in [0.25, 0.3) is 5.56 Å². The SMILES string of the molecule is COc1cccc(NC(=O)C(C)n2ncccc2=O)c1. The Morgan fingerprint density at radius 3 is 2.85 bits per heavy atom. The molecule has 1 heterocycles. The summed E-state index contributed by atoms with van der Waals surface area (Å²) in [6, 6.07) is 9.19. The van der Waals surface area contributed by atoms with Gasteiger partial charge in [-0.25, -0.2) is 4.68 Å². The van der Waals surface area contributed by atoms with Crippen LogP contribution in [0.25, 0.3) is 0 Å². The Hall–Kier alpha value is -2.63. The van der Waals surface area contributed by atoms with E-state index >= 15 is 0 Å². The number of hydrogen-bond acceptors (Lipinski definition) is 4. The third-order valence-electron chi connectivity index (χ3n) is 2.83. The van der Waals surface area contributed by atoms with Crippen LogP contribution in [0.2, 0.25) is 0 Å². The molecule has 0 radical (unpaired) electrons. The van der Waals surface area contributed by atoms with Crippen molar-refractivity contribution in [1.82, 2.24) is 9.78 Å². The standard InChI is InChI=1S/C14H15N3O3/c1-10(17-13(18)7-4-8-15-17)14(19)16-11-5-3-6-12(9-11)20-2/h3-10H,1-2H3,(H,16,19). The molecule has 0 aliphatic rings.